The highest BCUT2D eigenvalue weighted by molar-refractivity contribution is 7.53. The van der Waals surface area contributed by atoms with Crippen molar-refractivity contribution in [1.29, 1.82) is 0 Å². The fraction of sp³-hybridized carbons (Fsp3) is 0.667. The average Bonchev–Trinajstić information content (AvgIpc) is 2.19. The van der Waals surface area contributed by atoms with Gasteiger partial charge in [0.1, 0.15) is 0 Å². The minimum atomic E-state index is -2.70. The van der Waals surface area contributed by atoms with E-state index in [2.05, 4.69) is 6.58 Å². The third-order valence-electron chi connectivity index (χ3n) is 1.21. The Morgan fingerprint density at radius 3 is 1.80 bits per heavy atom. The zero-order valence-corrected chi connectivity index (χ0v) is 10.3. The second kappa shape index (κ2) is 9.90. The molecular weight excluding hydrogens is 219 g/mol. The molecule has 90 valence electrons. The number of hydrogen-bond acceptors (Lipinski definition) is 4. The quantitative estimate of drug-likeness (QED) is 0.568. The van der Waals surface area contributed by atoms with Gasteiger partial charge in [0, 0.05) is 12.2 Å². The zero-order chi connectivity index (χ0) is 12.3. The summed E-state index contributed by atoms with van der Waals surface area (Å²) in [5.41, 5.74) is 0. The van der Waals surface area contributed by atoms with E-state index in [1.165, 1.54) is 0 Å². The van der Waals surface area contributed by atoms with Gasteiger partial charge >= 0.3 is 13.6 Å². The van der Waals surface area contributed by atoms with Crippen LogP contribution in [-0.2, 0) is 18.4 Å². The van der Waals surface area contributed by atoms with Gasteiger partial charge in [0.05, 0.1) is 13.2 Å². The van der Waals surface area contributed by atoms with E-state index >= 15 is 0 Å². The molecule has 0 aliphatic rings. The minimum Gasteiger partial charge on any atom is -0.478 e. The van der Waals surface area contributed by atoms with Crippen LogP contribution in [0.5, 0.6) is 0 Å². The molecule has 0 aromatic heterocycles. The Morgan fingerprint density at radius 2 is 1.67 bits per heavy atom. The summed E-state index contributed by atoms with van der Waals surface area (Å²) in [6.45, 7) is 9.27. The van der Waals surface area contributed by atoms with Crippen LogP contribution in [0.1, 0.15) is 20.8 Å². The maximum absolute atomic E-state index is 11.3. The summed E-state index contributed by atoms with van der Waals surface area (Å²) in [6, 6.07) is 0. The second-order valence-electron chi connectivity index (χ2n) is 2.31. The lowest BCUT2D eigenvalue weighted by Crippen LogP contribution is -1.97. The van der Waals surface area contributed by atoms with E-state index in [4.69, 9.17) is 14.2 Å². The smallest absolute Gasteiger partial charge is 0.330 e. The third-order valence-corrected chi connectivity index (χ3v) is 3.29. The lowest BCUT2D eigenvalue weighted by Gasteiger charge is -2.13. The summed E-state index contributed by atoms with van der Waals surface area (Å²) < 4.78 is 21.2. The molecule has 0 spiro atoms. The van der Waals surface area contributed by atoms with Crippen molar-refractivity contribution in [3.8, 4) is 0 Å². The second-order valence-corrected chi connectivity index (χ2v) is 4.68. The summed E-state index contributed by atoms with van der Waals surface area (Å²) in [5.74, 6) is -0.981. The maximum atomic E-state index is 11.3. The molecule has 0 aliphatic heterocycles. The molecule has 1 N–H and O–H groups in total. The van der Waals surface area contributed by atoms with Gasteiger partial charge in [-0.15, -0.1) is 0 Å². The molecule has 0 aliphatic carbocycles. The standard InChI is InChI=1S/C6H15O3P.C3H4O2/c1-4-8-10(7,6-3)9-5-2;1-2-3(4)5/h4-6H2,1-3H3;2H,1H2,(H,4,5). The van der Waals surface area contributed by atoms with Crippen molar-refractivity contribution >= 4 is 13.6 Å². The number of rotatable bonds is 6. The molecule has 0 amide bonds. The topological polar surface area (TPSA) is 72.8 Å². The van der Waals surface area contributed by atoms with Crippen molar-refractivity contribution < 1.29 is 23.5 Å². The first-order valence-corrected chi connectivity index (χ1v) is 6.42. The van der Waals surface area contributed by atoms with E-state index in [1.54, 1.807) is 20.8 Å². The maximum Gasteiger partial charge on any atom is 0.330 e. The number of carboxylic acids is 1. The predicted octanol–water partition coefficient (Wildman–Crippen LogP) is 2.53. The molecule has 0 heterocycles. The summed E-state index contributed by atoms with van der Waals surface area (Å²) in [6.07, 6.45) is 1.29. The van der Waals surface area contributed by atoms with Crippen molar-refractivity contribution in [3.05, 3.63) is 12.7 Å². The van der Waals surface area contributed by atoms with Gasteiger partial charge in [-0.1, -0.05) is 13.5 Å². The molecule has 5 nitrogen and oxygen atoms in total. The van der Waals surface area contributed by atoms with Gasteiger partial charge in [-0.25, -0.2) is 4.79 Å². The third kappa shape index (κ3) is 11.3. The van der Waals surface area contributed by atoms with Crippen LogP contribution >= 0.6 is 7.60 Å². The number of hydrogen-bond donors (Lipinski definition) is 1. The Bertz CT molecular complexity index is 217. The van der Waals surface area contributed by atoms with Gasteiger partial charge in [0.25, 0.3) is 0 Å². The molecule has 6 heteroatoms. The Hall–Kier alpha value is -0.640. The molecule has 0 aromatic rings. The van der Waals surface area contributed by atoms with Crippen molar-refractivity contribution in [2.24, 2.45) is 0 Å². The molecule has 0 radical (unpaired) electrons. The van der Waals surface area contributed by atoms with Gasteiger partial charge in [0.2, 0.25) is 0 Å². The van der Waals surface area contributed by atoms with E-state index in [0.717, 1.165) is 6.08 Å². The van der Waals surface area contributed by atoms with E-state index in [1.807, 2.05) is 0 Å². The fourth-order valence-electron chi connectivity index (χ4n) is 0.613. The first-order valence-electron chi connectivity index (χ1n) is 4.69. The van der Waals surface area contributed by atoms with Crippen LogP contribution in [0.25, 0.3) is 0 Å². The van der Waals surface area contributed by atoms with Gasteiger partial charge in [-0.3, -0.25) is 4.57 Å². The normalized spacial score (nSPS) is 10.1. The van der Waals surface area contributed by atoms with Crippen molar-refractivity contribution in [2.45, 2.75) is 20.8 Å². The van der Waals surface area contributed by atoms with Crippen LogP contribution in [0, 0.1) is 0 Å². The number of carboxylic acid groups (broad SMARTS) is 1. The van der Waals surface area contributed by atoms with E-state index in [0.29, 0.717) is 19.4 Å². The highest BCUT2D eigenvalue weighted by Gasteiger charge is 2.19. The van der Waals surface area contributed by atoms with Crippen LogP contribution < -0.4 is 0 Å². The van der Waals surface area contributed by atoms with Gasteiger partial charge < -0.3 is 14.2 Å². The van der Waals surface area contributed by atoms with E-state index in [9.17, 15) is 9.36 Å². The monoisotopic (exact) mass is 238 g/mol. The highest BCUT2D eigenvalue weighted by atomic mass is 31.2. The van der Waals surface area contributed by atoms with E-state index in [-0.39, 0.29) is 0 Å². The van der Waals surface area contributed by atoms with Crippen LogP contribution in [-0.4, -0.2) is 30.5 Å². The predicted molar refractivity (Wildman–Crippen MR) is 59.2 cm³/mol. The van der Waals surface area contributed by atoms with Crippen LogP contribution in [0.3, 0.4) is 0 Å². The van der Waals surface area contributed by atoms with E-state index < -0.39 is 13.6 Å². The molecule has 0 saturated heterocycles. The summed E-state index contributed by atoms with van der Waals surface area (Å²) >= 11 is 0. The fourth-order valence-corrected chi connectivity index (χ4v) is 1.84. The summed E-state index contributed by atoms with van der Waals surface area (Å²) in [5, 5.41) is 7.60. The minimum absolute atomic E-state index is 0.450. The SMILES string of the molecule is C=CC(=O)O.CCOP(=O)(CC)OCC. The van der Waals surface area contributed by atoms with Crippen LogP contribution in [0.4, 0.5) is 0 Å². The molecular formula is C9H19O5P. The molecule has 0 unspecified atom stereocenters. The van der Waals surface area contributed by atoms with Crippen LogP contribution in [0.2, 0.25) is 0 Å². The number of aliphatic carboxylic acids is 1. The Morgan fingerprint density at radius 1 is 1.33 bits per heavy atom. The molecule has 0 fully saturated rings. The number of carbonyl (C=O) groups is 1. The molecule has 0 atom stereocenters. The van der Waals surface area contributed by atoms with Crippen molar-refractivity contribution in [3.63, 3.8) is 0 Å². The Balaban J connectivity index is 0. The molecule has 0 aromatic carbocycles. The molecule has 0 rings (SSSR count). The average molecular weight is 238 g/mol. The van der Waals surface area contributed by atoms with Gasteiger partial charge in [-0.05, 0) is 13.8 Å². The first kappa shape index (κ1) is 16.8. The first-order chi connectivity index (χ1) is 6.95. The summed E-state index contributed by atoms with van der Waals surface area (Å²) in [7, 11) is -2.70. The highest BCUT2D eigenvalue weighted by Crippen LogP contribution is 2.47. The Kier molecular flexibility index (Phi) is 11.1. The van der Waals surface area contributed by atoms with Crippen LogP contribution in [0.15, 0.2) is 12.7 Å². The van der Waals surface area contributed by atoms with Crippen molar-refractivity contribution in [2.75, 3.05) is 19.4 Å². The molecule has 15 heavy (non-hydrogen) atoms. The summed E-state index contributed by atoms with van der Waals surface area (Å²) in [4.78, 5) is 9.25. The Labute approximate surface area is 90.6 Å². The largest absolute Gasteiger partial charge is 0.478 e. The molecule has 0 bridgehead atoms. The molecule has 0 saturated carbocycles. The lowest BCUT2D eigenvalue weighted by atomic mass is 10.7. The van der Waals surface area contributed by atoms with Gasteiger partial charge in [0.15, 0.2) is 0 Å². The van der Waals surface area contributed by atoms with Crippen molar-refractivity contribution in [1.82, 2.24) is 0 Å². The van der Waals surface area contributed by atoms with Gasteiger partial charge in [-0.2, -0.15) is 0 Å². The lowest BCUT2D eigenvalue weighted by molar-refractivity contribution is -0.131. The zero-order valence-electron chi connectivity index (χ0n) is 9.43.